The van der Waals surface area contributed by atoms with E-state index in [1.165, 1.54) is 17.8 Å². The number of carbonyl (C=O) groups is 2. The lowest BCUT2D eigenvalue weighted by Gasteiger charge is -2.21. The summed E-state index contributed by atoms with van der Waals surface area (Å²) in [4.78, 5) is 23.5. The Morgan fingerprint density at radius 2 is 1.61 bits per heavy atom. The molecule has 0 saturated heterocycles. The number of rotatable bonds is 8. The predicted molar refractivity (Wildman–Crippen MR) is 162 cm³/mol. The zero-order valence-electron chi connectivity index (χ0n) is 22.9. The molecule has 4 aromatic carbocycles. The molecule has 1 amide bonds. The molecule has 1 aromatic heterocycles. The van der Waals surface area contributed by atoms with Crippen LogP contribution in [0, 0.1) is 5.82 Å². The van der Waals surface area contributed by atoms with Crippen molar-refractivity contribution in [1.82, 2.24) is 5.32 Å². The topological polar surface area (TPSA) is 88.8 Å². The smallest absolute Gasteiger partial charge is 0.408 e. The van der Waals surface area contributed by atoms with Crippen molar-refractivity contribution in [2.75, 3.05) is 5.75 Å². The molecular weight excluding hydrogens is 541 g/mol. The van der Waals surface area contributed by atoms with Gasteiger partial charge in [0.25, 0.3) is 0 Å². The van der Waals surface area contributed by atoms with Crippen molar-refractivity contribution in [2.45, 2.75) is 38.2 Å². The van der Waals surface area contributed by atoms with E-state index in [4.69, 9.17) is 9.15 Å². The van der Waals surface area contributed by atoms with Crippen LogP contribution in [0.2, 0.25) is 0 Å². The summed E-state index contributed by atoms with van der Waals surface area (Å²) < 4.78 is 26.3. The molecule has 41 heavy (non-hydrogen) atoms. The molecule has 0 saturated carbocycles. The van der Waals surface area contributed by atoms with Gasteiger partial charge >= 0.3 is 12.1 Å². The summed E-state index contributed by atoms with van der Waals surface area (Å²) in [6.07, 6.45) is -0.804. The highest BCUT2D eigenvalue weighted by Crippen LogP contribution is 2.36. The molecule has 8 heteroatoms. The van der Waals surface area contributed by atoms with E-state index < -0.39 is 23.7 Å². The van der Waals surface area contributed by atoms with Crippen LogP contribution >= 0.6 is 11.8 Å². The number of amides is 1. The Bertz CT molecular complexity index is 1720. The van der Waals surface area contributed by atoms with E-state index in [0.717, 1.165) is 44.2 Å². The molecule has 0 bridgehead atoms. The zero-order valence-corrected chi connectivity index (χ0v) is 23.8. The number of carbonyl (C=O) groups excluding carboxylic acids is 1. The maximum absolute atomic E-state index is 15.0. The number of carboxylic acid groups (broad SMARTS) is 1. The fraction of sp³-hybridized carbons (Fsp3) is 0.212. The minimum Gasteiger partial charge on any atom is -0.480 e. The van der Waals surface area contributed by atoms with Crippen molar-refractivity contribution in [2.24, 2.45) is 0 Å². The molecule has 0 radical (unpaired) electrons. The van der Waals surface area contributed by atoms with Crippen LogP contribution in [0.5, 0.6) is 0 Å². The molecule has 1 unspecified atom stereocenters. The number of nitrogens with one attached hydrogen (secondary N) is 1. The average Bonchev–Trinajstić information content (AvgIpc) is 3.31. The molecule has 5 aromatic rings. The highest BCUT2D eigenvalue weighted by molar-refractivity contribution is 7.98. The van der Waals surface area contributed by atoms with Gasteiger partial charge in [0.05, 0.1) is 0 Å². The lowest BCUT2D eigenvalue weighted by atomic mass is 9.98. The SMILES string of the molecule is CC(C)(C)OC(=O)NC(CSCc1ccc(-c2ccc(-c3cccc4c3oc3ccccc34)cc2)cc1F)C(=O)O. The number of alkyl carbamates (subject to hydrolysis) is 1. The number of furan rings is 1. The summed E-state index contributed by atoms with van der Waals surface area (Å²) >= 11 is 1.22. The molecule has 0 aliphatic rings. The first-order chi connectivity index (χ1) is 19.6. The van der Waals surface area contributed by atoms with Gasteiger partial charge in [-0.2, -0.15) is 11.8 Å². The molecule has 5 rings (SSSR count). The zero-order chi connectivity index (χ0) is 29.1. The maximum atomic E-state index is 15.0. The number of aliphatic carboxylic acids is 1. The first-order valence-electron chi connectivity index (χ1n) is 13.2. The molecule has 0 aliphatic heterocycles. The molecule has 0 fully saturated rings. The highest BCUT2D eigenvalue weighted by Gasteiger charge is 2.24. The number of carboxylic acids is 1. The largest absolute Gasteiger partial charge is 0.480 e. The average molecular weight is 572 g/mol. The van der Waals surface area contributed by atoms with Gasteiger partial charge in [-0.1, -0.05) is 72.8 Å². The Balaban J connectivity index is 1.26. The van der Waals surface area contributed by atoms with Gasteiger partial charge in [0.2, 0.25) is 0 Å². The minimum absolute atomic E-state index is 0.0647. The Labute approximate surface area is 241 Å². The fourth-order valence-electron chi connectivity index (χ4n) is 4.57. The number of hydrogen-bond donors (Lipinski definition) is 2. The molecular formula is C33H30FNO5S. The van der Waals surface area contributed by atoms with Crippen LogP contribution in [0.4, 0.5) is 9.18 Å². The lowest BCUT2D eigenvalue weighted by Crippen LogP contribution is -2.44. The van der Waals surface area contributed by atoms with E-state index in [9.17, 15) is 14.7 Å². The van der Waals surface area contributed by atoms with Crippen molar-refractivity contribution in [3.05, 3.63) is 96.3 Å². The van der Waals surface area contributed by atoms with E-state index in [2.05, 4.69) is 17.4 Å². The Kier molecular flexibility index (Phi) is 8.03. The number of hydrogen-bond acceptors (Lipinski definition) is 5. The highest BCUT2D eigenvalue weighted by atomic mass is 32.2. The third-order valence-corrected chi connectivity index (χ3v) is 7.60. The number of benzene rings is 4. The van der Waals surface area contributed by atoms with E-state index >= 15 is 4.39 Å². The maximum Gasteiger partial charge on any atom is 0.408 e. The van der Waals surface area contributed by atoms with Crippen LogP contribution in [0.25, 0.3) is 44.2 Å². The molecule has 2 N–H and O–H groups in total. The number of thioether (sulfide) groups is 1. The third kappa shape index (κ3) is 6.55. The van der Waals surface area contributed by atoms with Gasteiger partial charge in [-0.3, -0.25) is 0 Å². The van der Waals surface area contributed by atoms with Gasteiger partial charge < -0.3 is 19.6 Å². The normalized spacial score (nSPS) is 12.4. The van der Waals surface area contributed by atoms with Gasteiger partial charge in [-0.05, 0) is 55.2 Å². The second-order valence-electron chi connectivity index (χ2n) is 10.7. The predicted octanol–water partition coefficient (Wildman–Crippen LogP) is 8.27. The second-order valence-corrected chi connectivity index (χ2v) is 11.7. The van der Waals surface area contributed by atoms with Crippen molar-refractivity contribution >= 4 is 45.8 Å². The third-order valence-electron chi connectivity index (χ3n) is 6.52. The number of para-hydroxylation sites is 2. The standard InChI is InChI=1S/C33H30FNO5S/c1-33(2,3)40-32(38)35-28(31(36)37)19-41-18-23-16-15-22(17-27(23)34)20-11-13-21(14-12-20)24-8-6-9-26-25-7-4-5-10-29(25)39-30(24)26/h4-17,28H,18-19H2,1-3H3,(H,35,38)(H,36,37). The number of halogens is 1. The minimum atomic E-state index is -1.18. The van der Waals surface area contributed by atoms with Gasteiger partial charge in [-0.25, -0.2) is 14.0 Å². The molecule has 210 valence electrons. The summed E-state index contributed by atoms with van der Waals surface area (Å²) in [6, 6.07) is 25.9. The van der Waals surface area contributed by atoms with Gasteiger partial charge in [0.15, 0.2) is 0 Å². The number of fused-ring (bicyclic) bond motifs is 3. The van der Waals surface area contributed by atoms with Crippen LogP contribution in [-0.4, -0.2) is 34.6 Å². The van der Waals surface area contributed by atoms with Crippen LogP contribution in [0.3, 0.4) is 0 Å². The van der Waals surface area contributed by atoms with Crippen molar-refractivity contribution < 1.29 is 28.2 Å². The molecule has 0 aliphatic carbocycles. The van der Waals surface area contributed by atoms with Crippen LogP contribution in [0.1, 0.15) is 26.3 Å². The molecule has 0 spiro atoms. The van der Waals surface area contributed by atoms with E-state index in [0.29, 0.717) is 5.56 Å². The fourth-order valence-corrected chi connectivity index (χ4v) is 5.61. The monoisotopic (exact) mass is 571 g/mol. The van der Waals surface area contributed by atoms with Crippen molar-refractivity contribution in [3.63, 3.8) is 0 Å². The summed E-state index contributed by atoms with van der Waals surface area (Å²) in [5, 5.41) is 13.9. The lowest BCUT2D eigenvalue weighted by molar-refractivity contribution is -0.138. The molecule has 6 nitrogen and oxygen atoms in total. The molecule has 1 atom stereocenters. The first kappa shape index (κ1) is 28.2. The molecule has 1 heterocycles. The summed E-state index contributed by atoms with van der Waals surface area (Å²) in [5.41, 5.74) is 4.99. The summed E-state index contributed by atoms with van der Waals surface area (Å²) in [6.45, 7) is 5.09. The Morgan fingerprint density at radius 1 is 0.927 bits per heavy atom. The second kappa shape index (κ2) is 11.7. The van der Waals surface area contributed by atoms with E-state index in [1.54, 1.807) is 26.8 Å². The Morgan fingerprint density at radius 3 is 2.32 bits per heavy atom. The Hall–Kier alpha value is -4.30. The van der Waals surface area contributed by atoms with Crippen LogP contribution in [0.15, 0.2) is 89.3 Å². The summed E-state index contributed by atoms with van der Waals surface area (Å²) in [7, 11) is 0. The van der Waals surface area contributed by atoms with Gasteiger partial charge in [-0.15, -0.1) is 0 Å². The summed E-state index contributed by atoms with van der Waals surface area (Å²) in [5.74, 6) is -1.24. The first-order valence-corrected chi connectivity index (χ1v) is 14.3. The van der Waals surface area contributed by atoms with E-state index in [1.807, 2.05) is 60.7 Å². The van der Waals surface area contributed by atoms with Crippen molar-refractivity contribution in [1.29, 1.82) is 0 Å². The van der Waals surface area contributed by atoms with Gasteiger partial charge in [0.1, 0.15) is 28.6 Å². The van der Waals surface area contributed by atoms with Crippen molar-refractivity contribution in [3.8, 4) is 22.3 Å². The van der Waals surface area contributed by atoms with Crippen LogP contribution in [-0.2, 0) is 15.3 Å². The quantitative estimate of drug-likeness (QED) is 0.195. The number of ether oxygens (including phenoxy) is 1. The van der Waals surface area contributed by atoms with Crippen LogP contribution < -0.4 is 5.32 Å². The van der Waals surface area contributed by atoms with Gasteiger partial charge in [0, 0.05) is 27.8 Å². The van der Waals surface area contributed by atoms with E-state index in [-0.39, 0.29) is 17.3 Å².